The third kappa shape index (κ3) is 3.73. The third-order valence-electron chi connectivity index (χ3n) is 4.35. The summed E-state index contributed by atoms with van der Waals surface area (Å²) in [7, 11) is 0. The molecule has 1 aliphatic rings. The summed E-state index contributed by atoms with van der Waals surface area (Å²) in [5.41, 5.74) is 2.14. The van der Waals surface area contributed by atoms with Crippen molar-refractivity contribution in [1.82, 2.24) is 20.6 Å². The Morgan fingerprint density at radius 3 is 3.00 bits per heavy atom. The van der Waals surface area contributed by atoms with Crippen molar-refractivity contribution in [3.63, 3.8) is 0 Å². The minimum atomic E-state index is -0.114. The van der Waals surface area contributed by atoms with Gasteiger partial charge in [0.05, 0.1) is 5.39 Å². The summed E-state index contributed by atoms with van der Waals surface area (Å²) in [6.45, 7) is 6.37. The molecule has 6 nitrogen and oxygen atoms in total. The number of aryl methyl sites for hydroxylation is 3. The van der Waals surface area contributed by atoms with Gasteiger partial charge in [0, 0.05) is 30.8 Å². The lowest BCUT2D eigenvalue weighted by Crippen LogP contribution is -2.30. The first-order chi connectivity index (χ1) is 11.5. The van der Waals surface area contributed by atoms with Crippen molar-refractivity contribution in [3.8, 4) is 0 Å². The fourth-order valence-corrected chi connectivity index (χ4v) is 3.83. The van der Waals surface area contributed by atoms with Crippen LogP contribution in [0, 0.1) is 13.8 Å². The Labute approximate surface area is 144 Å². The van der Waals surface area contributed by atoms with E-state index in [1.807, 2.05) is 13.8 Å². The Morgan fingerprint density at radius 2 is 2.25 bits per heavy atom. The van der Waals surface area contributed by atoms with Crippen LogP contribution in [0.25, 0.3) is 10.2 Å². The highest BCUT2D eigenvalue weighted by atomic mass is 32.1. The van der Waals surface area contributed by atoms with E-state index < -0.39 is 0 Å². The van der Waals surface area contributed by atoms with E-state index in [1.54, 1.807) is 0 Å². The number of amides is 1. The lowest BCUT2D eigenvalue weighted by atomic mass is 10.1. The second-order valence-corrected chi connectivity index (χ2v) is 7.27. The number of carbonyl (C=O) groups excluding carboxylic acids is 1. The summed E-state index contributed by atoms with van der Waals surface area (Å²) in [5, 5.41) is 6.85. The van der Waals surface area contributed by atoms with E-state index >= 15 is 0 Å². The highest BCUT2D eigenvalue weighted by Crippen LogP contribution is 2.25. The van der Waals surface area contributed by atoms with E-state index in [1.165, 1.54) is 16.9 Å². The molecule has 2 aromatic heterocycles. The zero-order chi connectivity index (χ0) is 17.1. The minimum Gasteiger partial charge on any atom is -0.352 e. The zero-order valence-corrected chi connectivity index (χ0v) is 14.8. The van der Waals surface area contributed by atoms with Gasteiger partial charge in [0.25, 0.3) is 5.56 Å². The molecule has 1 aliphatic heterocycles. The Kier molecular flexibility index (Phi) is 5.11. The van der Waals surface area contributed by atoms with Crippen molar-refractivity contribution in [3.05, 3.63) is 38.3 Å². The van der Waals surface area contributed by atoms with Gasteiger partial charge in [0.15, 0.2) is 0 Å². The summed E-state index contributed by atoms with van der Waals surface area (Å²) >= 11 is 1.53. The van der Waals surface area contributed by atoms with E-state index in [4.69, 9.17) is 0 Å². The largest absolute Gasteiger partial charge is 0.352 e. The predicted molar refractivity (Wildman–Crippen MR) is 96.6 cm³/mol. The van der Waals surface area contributed by atoms with Crippen LogP contribution in [0.5, 0.6) is 0 Å². The number of fused-ring (bicyclic) bond motifs is 1. The molecular weight excluding hydrogens is 324 g/mol. The number of hydrogen-bond donors (Lipinski definition) is 3. The summed E-state index contributed by atoms with van der Waals surface area (Å²) < 4.78 is 0. The summed E-state index contributed by atoms with van der Waals surface area (Å²) in [5.74, 6) is 0.556. The molecule has 3 rings (SSSR count). The molecule has 0 saturated carbocycles. The van der Waals surface area contributed by atoms with Gasteiger partial charge in [-0.3, -0.25) is 9.59 Å². The van der Waals surface area contributed by atoms with Gasteiger partial charge in [-0.1, -0.05) is 11.6 Å². The molecule has 0 fully saturated rings. The number of hydrogen-bond acceptors (Lipinski definition) is 5. The number of H-pyrrole nitrogens is 1. The van der Waals surface area contributed by atoms with Crippen molar-refractivity contribution in [2.24, 2.45) is 0 Å². The van der Waals surface area contributed by atoms with Crippen LogP contribution in [0.3, 0.4) is 0 Å². The van der Waals surface area contributed by atoms with Gasteiger partial charge >= 0.3 is 0 Å². The molecule has 24 heavy (non-hydrogen) atoms. The SMILES string of the molecule is Cc1sc2nc(CCC(=O)NCC3=CCNCC3)[nH]c(=O)c2c1C. The number of aromatic amines is 1. The Bertz CT molecular complexity index is 850. The minimum absolute atomic E-state index is 0.0179. The van der Waals surface area contributed by atoms with Crippen LogP contribution in [0.15, 0.2) is 16.4 Å². The highest BCUT2D eigenvalue weighted by Gasteiger charge is 2.13. The van der Waals surface area contributed by atoms with Crippen LogP contribution in [-0.4, -0.2) is 35.5 Å². The van der Waals surface area contributed by atoms with E-state index in [9.17, 15) is 9.59 Å². The maximum atomic E-state index is 12.2. The maximum absolute atomic E-state index is 12.2. The van der Waals surface area contributed by atoms with Crippen LogP contribution in [0.1, 0.15) is 29.1 Å². The molecule has 0 atom stereocenters. The van der Waals surface area contributed by atoms with Gasteiger partial charge in [-0.25, -0.2) is 4.98 Å². The average molecular weight is 346 g/mol. The average Bonchev–Trinajstić information content (AvgIpc) is 2.86. The van der Waals surface area contributed by atoms with Gasteiger partial charge in [0.2, 0.25) is 5.91 Å². The molecule has 0 unspecified atom stereocenters. The first-order valence-corrected chi connectivity index (χ1v) is 9.00. The summed E-state index contributed by atoms with van der Waals surface area (Å²) in [4.78, 5) is 33.4. The van der Waals surface area contributed by atoms with E-state index in [0.29, 0.717) is 30.6 Å². The third-order valence-corrected chi connectivity index (χ3v) is 5.45. The second-order valence-electron chi connectivity index (χ2n) is 6.07. The first kappa shape index (κ1) is 16.9. The van der Waals surface area contributed by atoms with Crippen molar-refractivity contribution in [2.75, 3.05) is 19.6 Å². The topological polar surface area (TPSA) is 86.9 Å². The molecule has 0 bridgehead atoms. The smallest absolute Gasteiger partial charge is 0.259 e. The van der Waals surface area contributed by atoms with Crippen molar-refractivity contribution in [2.45, 2.75) is 33.1 Å². The number of nitrogens with zero attached hydrogens (tertiary/aromatic N) is 1. The number of thiophene rings is 1. The first-order valence-electron chi connectivity index (χ1n) is 8.19. The second kappa shape index (κ2) is 7.27. The van der Waals surface area contributed by atoms with Gasteiger partial charge < -0.3 is 15.6 Å². The molecule has 2 aromatic rings. The number of rotatable bonds is 5. The van der Waals surface area contributed by atoms with Crippen molar-refractivity contribution in [1.29, 1.82) is 0 Å². The Hall–Kier alpha value is -1.99. The maximum Gasteiger partial charge on any atom is 0.259 e. The Morgan fingerprint density at radius 1 is 1.42 bits per heavy atom. The van der Waals surface area contributed by atoms with Crippen LogP contribution < -0.4 is 16.2 Å². The molecule has 3 heterocycles. The standard InChI is InChI=1S/C17H22N4O2S/c1-10-11(2)24-17-15(10)16(23)20-13(21-17)3-4-14(22)19-9-12-5-7-18-8-6-12/h5,18H,3-4,6-9H2,1-2H3,(H,19,22)(H,20,21,23). The fourth-order valence-electron chi connectivity index (χ4n) is 2.78. The zero-order valence-electron chi connectivity index (χ0n) is 14.0. The van der Waals surface area contributed by atoms with Crippen molar-refractivity contribution < 1.29 is 4.79 Å². The summed E-state index contributed by atoms with van der Waals surface area (Å²) in [6, 6.07) is 0. The molecule has 0 aliphatic carbocycles. The molecule has 1 amide bonds. The molecule has 3 N–H and O–H groups in total. The molecular formula is C17H22N4O2S. The van der Waals surface area contributed by atoms with Gasteiger partial charge in [-0.15, -0.1) is 11.3 Å². The summed E-state index contributed by atoms with van der Waals surface area (Å²) in [6.07, 6.45) is 3.86. The van der Waals surface area contributed by atoms with Gasteiger partial charge in [0.1, 0.15) is 10.7 Å². The predicted octanol–water partition coefficient (Wildman–Crippen LogP) is 1.57. The van der Waals surface area contributed by atoms with E-state index in [0.717, 1.165) is 34.8 Å². The molecule has 0 radical (unpaired) electrons. The van der Waals surface area contributed by atoms with Crippen LogP contribution in [-0.2, 0) is 11.2 Å². The van der Waals surface area contributed by atoms with Crippen LogP contribution >= 0.6 is 11.3 Å². The number of nitrogens with one attached hydrogen (secondary N) is 3. The monoisotopic (exact) mass is 346 g/mol. The molecule has 0 saturated heterocycles. The lowest BCUT2D eigenvalue weighted by molar-refractivity contribution is -0.120. The lowest BCUT2D eigenvalue weighted by Gasteiger charge is -2.14. The van der Waals surface area contributed by atoms with Gasteiger partial charge in [-0.05, 0) is 32.4 Å². The normalized spacial score (nSPS) is 14.7. The molecule has 0 spiro atoms. The highest BCUT2D eigenvalue weighted by molar-refractivity contribution is 7.18. The van der Waals surface area contributed by atoms with E-state index in [2.05, 4.69) is 26.7 Å². The van der Waals surface area contributed by atoms with Crippen LogP contribution in [0.4, 0.5) is 0 Å². The van der Waals surface area contributed by atoms with Crippen molar-refractivity contribution >= 4 is 27.5 Å². The molecule has 7 heteroatoms. The Balaban J connectivity index is 1.60. The van der Waals surface area contributed by atoms with Gasteiger partial charge in [-0.2, -0.15) is 0 Å². The number of aromatic nitrogens is 2. The molecule has 128 valence electrons. The van der Waals surface area contributed by atoms with E-state index in [-0.39, 0.29) is 11.5 Å². The quantitative estimate of drug-likeness (QED) is 0.717. The molecule has 0 aromatic carbocycles. The number of carbonyl (C=O) groups is 1. The fraction of sp³-hybridized carbons (Fsp3) is 0.471. The van der Waals surface area contributed by atoms with Crippen LogP contribution in [0.2, 0.25) is 0 Å².